The van der Waals surface area contributed by atoms with E-state index in [1.165, 1.54) is 18.2 Å². The van der Waals surface area contributed by atoms with Crippen molar-refractivity contribution in [3.8, 4) is 5.75 Å². The van der Waals surface area contributed by atoms with Gasteiger partial charge in [0.05, 0.1) is 10.9 Å². The zero-order valence-electron chi connectivity index (χ0n) is 7.98. The number of aldehydes is 1. The molecule has 4 heteroatoms. The number of aryl methyl sites for hydroxylation is 1. The number of hydrogen-bond acceptors (Lipinski definition) is 4. The monoisotopic (exact) mass is 204 g/mol. The first-order valence-electron chi connectivity index (χ1n) is 4.35. The van der Waals surface area contributed by atoms with Crippen LogP contribution in [-0.2, 0) is 0 Å². The first kappa shape index (κ1) is 9.45. The van der Waals surface area contributed by atoms with Gasteiger partial charge in [-0.1, -0.05) is 0 Å². The van der Waals surface area contributed by atoms with Crippen LogP contribution in [0.15, 0.2) is 27.4 Å². The van der Waals surface area contributed by atoms with E-state index in [1.54, 1.807) is 6.92 Å². The molecule has 0 radical (unpaired) electrons. The topological polar surface area (TPSA) is 67.5 Å². The summed E-state index contributed by atoms with van der Waals surface area (Å²) in [5, 5.41) is 9.69. The van der Waals surface area contributed by atoms with Crippen molar-refractivity contribution < 1.29 is 14.3 Å². The van der Waals surface area contributed by atoms with Gasteiger partial charge in [-0.2, -0.15) is 0 Å². The van der Waals surface area contributed by atoms with Crippen LogP contribution in [0.1, 0.15) is 16.1 Å². The summed E-state index contributed by atoms with van der Waals surface area (Å²) in [6.07, 6.45) is 0.472. The third-order valence-corrected chi connectivity index (χ3v) is 2.15. The smallest absolute Gasteiger partial charge is 0.192 e. The molecule has 0 saturated carbocycles. The lowest BCUT2D eigenvalue weighted by Crippen LogP contribution is -2.01. The molecule has 1 N–H and O–H groups in total. The van der Waals surface area contributed by atoms with E-state index in [2.05, 4.69) is 0 Å². The number of carbonyl (C=O) groups excluding carboxylic acids is 1. The van der Waals surface area contributed by atoms with Gasteiger partial charge >= 0.3 is 0 Å². The molecule has 0 aliphatic carbocycles. The fraction of sp³-hybridized carbons (Fsp3) is 0.0909. The minimum absolute atomic E-state index is 0.00769. The number of aromatic hydroxyl groups is 1. The first-order valence-corrected chi connectivity index (χ1v) is 4.35. The Morgan fingerprint density at radius 2 is 2.13 bits per heavy atom. The molecule has 15 heavy (non-hydrogen) atoms. The molecule has 0 atom stereocenters. The molecule has 0 unspecified atom stereocenters. The Hall–Kier alpha value is -2.10. The number of benzene rings is 1. The Kier molecular flexibility index (Phi) is 2.04. The largest absolute Gasteiger partial charge is 0.507 e. The molecule has 2 rings (SSSR count). The molecule has 4 nitrogen and oxygen atoms in total. The van der Waals surface area contributed by atoms with Gasteiger partial charge in [0, 0.05) is 6.07 Å². The SMILES string of the molecule is Cc1cc(=O)c2ccc(O)c(C=O)c2o1. The maximum absolute atomic E-state index is 11.5. The van der Waals surface area contributed by atoms with Crippen molar-refractivity contribution >= 4 is 17.3 Å². The van der Waals surface area contributed by atoms with E-state index >= 15 is 0 Å². The summed E-state index contributed by atoms with van der Waals surface area (Å²) in [6, 6.07) is 4.08. The van der Waals surface area contributed by atoms with Crippen molar-refractivity contribution in [3.63, 3.8) is 0 Å². The lowest BCUT2D eigenvalue weighted by atomic mass is 10.1. The third kappa shape index (κ3) is 1.40. The second-order valence-corrected chi connectivity index (χ2v) is 3.21. The Morgan fingerprint density at radius 1 is 1.40 bits per heavy atom. The fourth-order valence-corrected chi connectivity index (χ4v) is 1.46. The highest BCUT2D eigenvalue weighted by Gasteiger charge is 2.10. The molecule has 0 fully saturated rings. The second-order valence-electron chi connectivity index (χ2n) is 3.21. The summed E-state index contributed by atoms with van der Waals surface area (Å²) >= 11 is 0. The van der Waals surface area contributed by atoms with Crippen molar-refractivity contribution in [2.24, 2.45) is 0 Å². The molecular formula is C11H8O4. The van der Waals surface area contributed by atoms with E-state index in [1.807, 2.05) is 0 Å². The molecule has 1 heterocycles. The van der Waals surface area contributed by atoms with Gasteiger partial charge in [0.2, 0.25) is 0 Å². The first-order chi connectivity index (χ1) is 7.13. The Bertz CT molecular complexity index is 595. The van der Waals surface area contributed by atoms with Crippen molar-refractivity contribution in [2.75, 3.05) is 0 Å². The maximum atomic E-state index is 11.5. The van der Waals surface area contributed by atoms with Crippen molar-refractivity contribution in [2.45, 2.75) is 6.92 Å². The van der Waals surface area contributed by atoms with E-state index in [-0.39, 0.29) is 22.3 Å². The van der Waals surface area contributed by atoms with E-state index in [4.69, 9.17) is 4.42 Å². The molecular weight excluding hydrogens is 196 g/mol. The number of phenols is 1. The highest BCUT2D eigenvalue weighted by atomic mass is 16.3. The van der Waals surface area contributed by atoms with Gasteiger partial charge in [0.15, 0.2) is 17.3 Å². The zero-order valence-corrected chi connectivity index (χ0v) is 7.98. The Balaban J connectivity index is 3.04. The zero-order chi connectivity index (χ0) is 11.0. The lowest BCUT2D eigenvalue weighted by molar-refractivity contribution is 0.112. The predicted molar refractivity (Wildman–Crippen MR) is 54.3 cm³/mol. The number of carbonyl (C=O) groups is 1. The maximum Gasteiger partial charge on any atom is 0.192 e. The van der Waals surface area contributed by atoms with Crippen molar-refractivity contribution in [1.82, 2.24) is 0 Å². The summed E-state index contributed by atoms with van der Waals surface area (Å²) < 4.78 is 5.25. The average Bonchev–Trinajstić information content (AvgIpc) is 2.17. The van der Waals surface area contributed by atoms with E-state index in [9.17, 15) is 14.7 Å². The van der Waals surface area contributed by atoms with Gasteiger partial charge in [0.25, 0.3) is 0 Å². The second kappa shape index (κ2) is 3.24. The summed E-state index contributed by atoms with van der Waals surface area (Å²) in [6.45, 7) is 1.61. The number of hydrogen-bond donors (Lipinski definition) is 1. The van der Waals surface area contributed by atoms with Crippen LogP contribution in [0.4, 0.5) is 0 Å². The molecule has 0 aliphatic rings. The average molecular weight is 204 g/mol. The molecule has 76 valence electrons. The van der Waals surface area contributed by atoms with E-state index < -0.39 is 0 Å². The van der Waals surface area contributed by atoms with Crippen LogP contribution < -0.4 is 5.43 Å². The molecule has 2 aromatic rings. The van der Waals surface area contributed by atoms with Crippen LogP contribution in [0.3, 0.4) is 0 Å². The molecule has 0 amide bonds. The van der Waals surface area contributed by atoms with Crippen LogP contribution >= 0.6 is 0 Å². The molecule has 1 aromatic heterocycles. The molecule has 0 spiro atoms. The standard InChI is InChI=1S/C11H8O4/c1-6-4-10(14)7-2-3-9(13)8(5-12)11(7)15-6/h2-5,13H,1H3. The van der Waals surface area contributed by atoms with Crippen LogP contribution in [0.5, 0.6) is 5.75 Å². The summed E-state index contributed by atoms with van der Waals surface area (Å²) in [5.74, 6) is 0.215. The fourth-order valence-electron chi connectivity index (χ4n) is 1.46. The quantitative estimate of drug-likeness (QED) is 0.716. The van der Waals surface area contributed by atoms with Gasteiger partial charge in [0.1, 0.15) is 11.5 Å². The van der Waals surface area contributed by atoms with Gasteiger partial charge in [-0.3, -0.25) is 9.59 Å². The van der Waals surface area contributed by atoms with Crippen LogP contribution in [0.25, 0.3) is 11.0 Å². The van der Waals surface area contributed by atoms with Crippen molar-refractivity contribution in [3.05, 3.63) is 39.7 Å². The predicted octanol–water partition coefficient (Wildman–Crippen LogP) is 1.62. The molecule has 0 bridgehead atoms. The minimum Gasteiger partial charge on any atom is -0.507 e. The van der Waals surface area contributed by atoms with E-state index in [0.29, 0.717) is 17.4 Å². The van der Waals surface area contributed by atoms with Gasteiger partial charge in [-0.25, -0.2) is 0 Å². The van der Waals surface area contributed by atoms with Crippen LogP contribution in [0, 0.1) is 6.92 Å². The number of rotatable bonds is 1. The van der Waals surface area contributed by atoms with Gasteiger partial charge in [-0.15, -0.1) is 0 Å². The van der Waals surface area contributed by atoms with Crippen LogP contribution in [-0.4, -0.2) is 11.4 Å². The van der Waals surface area contributed by atoms with Gasteiger partial charge in [-0.05, 0) is 19.1 Å². The summed E-state index contributed by atoms with van der Waals surface area (Å²) in [7, 11) is 0. The highest BCUT2D eigenvalue weighted by molar-refractivity contribution is 5.97. The Labute approximate surface area is 84.8 Å². The van der Waals surface area contributed by atoms with E-state index in [0.717, 1.165) is 0 Å². The molecule has 0 aliphatic heterocycles. The summed E-state index contributed by atoms with van der Waals surface area (Å²) in [5.41, 5.74) is -0.0832. The third-order valence-electron chi connectivity index (χ3n) is 2.15. The highest BCUT2D eigenvalue weighted by Crippen LogP contribution is 2.24. The molecule has 1 aromatic carbocycles. The number of phenolic OH excluding ortho intramolecular Hbond substituents is 1. The minimum atomic E-state index is -0.225. The molecule has 0 saturated heterocycles. The Morgan fingerprint density at radius 3 is 2.80 bits per heavy atom. The van der Waals surface area contributed by atoms with Crippen LogP contribution in [0.2, 0.25) is 0 Å². The normalized spacial score (nSPS) is 10.5. The summed E-state index contributed by atoms with van der Waals surface area (Å²) in [4.78, 5) is 22.3. The van der Waals surface area contributed by atoms with Crippen molar-refractivity contribution in [1.29, 1.82) is 0 Å². The van der Waals surface area contributed by atoms with Gasteiger partial charge < -0.3 is 9.52 Å². The lowest BCUT2D eigenvalue weighted by Gasteiger charge is -2.02. The number of fused-ring (bicyclic) bond motifs is 1.